The molecule has 3 aliphatic rings. The van der Waals surface area contributed by atoms with Crippen molar-refractivity contribution >= 4 is 11.6 Å². The molecule has 38 heavy (non-hydrogen) atoms. The molecule has 0 radical (unpaired) electrons. The van der Waals surface area contributed by atoms with Crippen LogP contribution in [0.25, 0.3) is 0 Å². The monoisotopic (exact) mass is 572 g/mol. The van der Waals surface area contributed by atoms with E-state index >= 15 is 0 Å². The maximum Gasteiger partial charge on any atom is 0.0594 e. The zero-order chi connectivity index (χ0) is 23.8. The van der Waals surface area contributed by atoms with Crippen molar-refractivity contribution in [3.05, 3.63) is 0 Å². The normalized spacial score (nSPS) is 29.9. The van der Waals surface area contributed by atoms with E-state index in [2.05, 4.69) is 37.9 Å². The number of ether oxygens (including phenoxy) is 2. The smallest absolute Gasteiger partial charge is 0.0594 e. The molecule has 1 aliphatic heterocycles. The average Bonchev–Trinajstić information content (AvgIpc) is 2.77. The van der Waals surface area contributed by atoms with Gasteiger partial charge < -0.3 is 41.6 Å². The molecular weight excluding hydrogens is 508 g/mol. The molecule has 0 aromatic heterocycles. The fraction of sp³-hybridized carbons (Fsp3) is 1.00. The van der Waals surface area contributed by atoms with Crippen molar-refractivity contribution in [2.75, 3.05) is 46.5 Å². The Morgan fingerprint density at radius 2 is 1.53 bits per heavy atom. The predicted octanol–water partition coefficient (Wildman–Crippen LogP) is 3.31. The molecule has 2 saturated carbocycles. The van der Waals surface area contributed by atoms with E-state index in [1.54, 1.807) is 0 Å². The maximum absolute atomic E-state index is 6.39. The summed E-state index contributed by atoms with van der Waals surface area (Å²) in [6.45, 7) is 16.1. The number of likely N-dealkylation sites (tertiary alicyclic amines) is 1. The number of methoxy groups -OCH3 is 1. The van der Waals surface area contributed by atoms with Crippen LogP contribution in [0.5, 0.6) is 0 Å². The summed E-state index contributed by atoms with van der Waals surface area (Å²) in [5.41, 5.74) is 0.397. The predicted molar refractivity (Wildman–Crippen MR) is 161 cm³/mol. The van der Waals surface area contributed by atoms with E-state index in [0.717, 1.165) is 44.1 Å². The third-order valence-electron chi connectivity index (χ3n) is 8.98. The second-order valence-corrected chi connectivity index (χ2v) is 13.0. The topological polar surface area (TPSA) is 160 Å². The van der Waals surface area contributed by atoms with Gasteiger partial charge >= 0.3 is 0 Å². The molecule has 0 amide bonds. The SMILES string of the molecule is C.COCC1CCC(OCCN[C@@H](CN2CCC(C3CCC(Cl)CC3)C(C)(C)C2)C(C)C)CC1.O.O.O.O. The van der Waals surface area contributed by atoms with Crippen molar-refractivity contribution in [3.8, 4) is 0 Å². The Labute approximate surface area is 239 Å². The Morgan fingerprint density at radius 1 is 0.921 bits per heavy atom. The summed E-state index contributed by atoms with van der Waals surface area (Å²) in [6.07, 6.45) is 11.8. The van der Waals surface area contributed by atoms with Crippen LogP contribution in [0.2, 0.25) is 0 Å². The van der Waals surface area contributed by atoms with Gasteiger partial charge in [0.25, 0.3) is 0 Å². The number of hydrogen-bond acceptors (Lipinski definition) is 4. The van der Waals surface area contributed by atoms with Gasteiger partial charge in [-0.3, -0.25) is 0 Å². The quantitative estimate of drug-likeness (QED) is 0.297. The van der Waals surface area contributed by atoms with Gasteiger partial charge in [-0.05, 0) is 93.4 Å². The molecule has 0 bridgehead atoms. The molecule has 0 aromatic carbocycles. The molecule has 0 aromatic rings. The molecule has 8 nitrogen and oxygen atoms in total. The van der Waals surface area contributed by atoms with E-state index < -0.39 is 0 Å². The first-order valence-corrected chi connectivity index (χ1v) is 14.4. The van der Waals surface area contributed by atoms with Crippen molar-refractivity contribution in [2.24, 2.45) is 29.1 Å². The van der Waals surface area contributed by atoms with Crippen LogP contribution >= 0.6 is 11.6 Å². The van der Waals surface area contributed by atoms with Crippen LogP contribution in [0, 0.1) is 29.1 Å². The molecule has 2 aliphatic carbocycles. The summed E-state index contributed by atoms with van der Waals surface area (Å²) in [5, 5.41) is 4.27. The molecule has 3 rings (SSSR count). The van der Waals surface area contributed by atoms with Gasteiger partial charge in [-0.2, -0.15) is 0 Å². The van der Waals surface area contributed by atoms with Crippen molar-refractivity contribution in [1.29, 1.82) is 0 Å². The lowest BCUT2D eigenvalue weighted by molar-refractivity contribution is -0.000532. The molecule has 3 fully saturated rings. The zero-order valence-electron chi connectivity index (χ0n) is 24.3. The Kier molecular flexibility index (Phi) is 23.2. The van der Waals surface area contributed by atoms with Crippen molar-refractivity contribution in [1.82, 2.24) is 10.2 Å². The molecule has 0 spiro atoms. The summed E-state index contributed by atoms with van der Waals surface area (Å²) in [7, 11) is 1.81. The highest BCUT2D eigenvalue weighted by Gasteiger charge is 2.41. The van der Waals surface area contributed by atoms with Gasteiger partial charge in [0.15, 0.2) is 0 Å². The summed E-state index contributed by atoms with van der Waals surface area (Å²) in [4.78, 5) is 2.74. The summed E-state index contributed by atoms with van der Waals surface area (Å²) in [6, 6.07) is 0.532. The Hall–Kier alpha value is -0.0300. The minimum absolute atomic E-state index is 0. The molecule has 234 valence electrons. The Balaban J connectivity index is -0.00000245. The van der Waals surface area contributed by atoms with Crippen LogP contribution in [0.4, 0.5) is 0 Å². The van der Waals surface area contributed by atoms with Crippen LogP contribution in [-0.4, -0.2) is 90.8 Å². The molecular formula is C29H65ClN2O6. The maximum atomic E-state index is 6.39. The summed E-state index contributed by atoms with van der Waals surface area (Å²) >= 11 is 6.39. The van der Waals surface area contributed by atoms with E-state index in [9.17, 15) is 0 Å². The van der Waals surface area contributed by atoms with Gasteiger partial charge in [0.05, 0.1) is 12.7 Å². The van der Waals surface area contributed by atoms with Crippen molar-refractivity contribution in [3.63, 3.8) is 0 Å². The second kappa shape index (κ2) is 20.8. The molecule has 1 unspecified atom stereocenters. The van der Waals surface area contributed by atoms with Gasteiger partial charge in [0.1, 0.15) is 0 Å². The standard InChI is InChI=1S/C28H53ClN2O2.CH4.4H2O/c1-21(2)27(30-15-17-33-25-12-6-22(7-13-25)19-32-5)18-31-16-14-26(28(3,4)20-31)23-8-10-24(29)11-9-23;;;;;/h21-27,30H,6-20H2,1-5H3;1H4;4*1H2/t22?,23?,24?,25?,26?,27-;;;;;/m0...../s1. The lowest BCUT2D eigenvalue weighted by atomic mass is 9.64. The Bertz CT molecular complexity index is 555. The largest absolute Gasteiger partial charge is 0.412 e. The van der Waals surface area contributed by atoms with E-state index in [1.165, 1.54) is 70.9 Å². The fourth-order valence-corrected chi connectivity index (χ4v) is 7.21. The second-order valence-electron chi connectivity index (χ2n) is 12.4. The van der Waals surface area contributed by atoms with Crippen LogP contribution in [0.1, 0.15) is 92.9 Å². The third kappa shape index (κ3) is 13.1. The van der Waals surface area contributed by atoms with Crippen LogP contribution < -0.4 is 5.32 Å². The molecule has 9 N–H and O–H groups in total. The average molecular weight is 573 g/mol. The van der Waals surface area contributed by atoms with Gasteiger partial charge in [-0.1, -0.05) is 35.1 Å². The van der Waals surface area contributed by atoms with E-state index in [0.29, 0.717) is 28.9 Å². The highest BCUT2D eigenvalue weighted by atomic mass is 35.5. The van der Waals surface area contributed by atoms with Crippen LogP contribution in [-0.2, 0) is 9.47 Å². The lowest BCUT2D eigenvalue weighted by Crippen LogP contribution is -2.53. The number of nitrogens with zero attached hydrogens (tertiary/aromatic N) is 1. The van der Waals surface area contributed by atoms with E-state index in [1.807, 2.05) is 7.11 Å². The minimum atomic E-state index is 0. The number of nitrogens with one attached hydrogen (secondary N) is 1. The summed E-state index contributed by atoms with van der Waals surface area (Å²) in [5.74, 6) is 3.12. The number of piperidine rings is 1. The lowest BCUT2D eigenvalue weighted by Gasteiger charge is -2.49. The van der Waals surface area contributed by atoms with Gasteiger partial charge in [0, 0.05) is 44.8 Å². The minimum Gasteiger partial charge on any atom is -0.412 e. The van der Waals surface area contributed by atoms with E-state index in [4.69, 9.17) is 21.1 Å². The Morgan fingerprint density at radius 3 is 2.05 bits per heavy atom. The number of rotatable bonds is 11. The zero-order valence-corrected chi connectivity index (χ0v) is 25.0. The first-order chi connectivity index (χ1) is 15.8. The van der Waals surface area contributed by atoms with Crippen molar-refractivity contribution in [2.45, 2.75) is 110 Å². The summed E-state index contributed by atoms with van der Waals surface area (Å²) < 4.78 is 11.5. The van der Waals surface area contributed by atoms with Gasteiger partial charge in [0.2, 0.25) is 0 Å². The molecule has 9 heteroatoms. The number of hydrogen-bond donors (Lipinski definition) is 1. The highest BCUT2D eigenvalue weighted by molar-refractivity contribution is 6.20. The molecule has 1 saturated heterocycles. The van der Waals surface area contributed by atoms with Crippen molar-refractivity contribution < 1.29 is 31.4 Å². The van der Waals surface area contributed by atoms with Gasteiger partial charge in [-0.25, -0.2) is 0 Å². The number of alkyl halides is 1. The highest BCUT2D eigenvalue weighted by Crippen LogP contribution is 2.45. The third-order valence-corrected chi connectivity index (χ3v) is 9.42. The molecule has 2 atom stereocenters. The fourth-order valence-electron chi connectivity index (χ4n) is 6.96. The van der Waals surface area contributed by atoms with E-state index in [-0.39, 0.29) is 29.3 Å². The molecule has 1 heterocycles. The first kappa shape index (κ1) is 42.4. The number of halogens is 1. The van der Waals surface area contributed by atoms with Crippen LogP contribution in [0.3, 0.4) is 0 Å². The van der Waals surface area contributed by atoms with Gasteiger partial charge in [-0.15, -0.1) is 11.6 Å². The first-order valence-electron chi connectivity index (χ1n) is 14.0. The van der Waals surface area contributed by atoms with Crippen LogP contribution in [0.15, 0.2) is 0 Å².